The van der Waals surface area contributed by atoms with Crippen molar-refractivity contribution in [3.05, 3.63) is 95.3 Å². The number of primary amides is 1. The Kier molecular flexibility index (Phi) is 7.17. The highest BCUT2D eigenvalue weighted by Crippen LogP contribution is 2.32. The largest absolute Gasteiger partial charge is 0.497 e. The van der Waals surface area contributed by atoms with E-state index in [1.54, 1.807) is 43.3 Å². The molecule has 1 aliphatic rings. The van der Waals surface area contributed by atoms with Crippen LogP contribution in [0.3, 0.4) is 0 Å². The van der Waals surface area contributed by atoms with Crippen LogP contribution in [0, 0.1) is 0 Å². The number of aromatic nitrogens is 2. The molecule has 40 heavy (non-hydrogen) atoms. The Bertz CT molecular complexity index is 1700. The number of rotatable bonds is 8. The first-order valence-corrected chi connectivity index (χ1v) is 14.4. The Hall–Kier alpha value is -4.48. The van der Waals surface area contributed by atoms with E-state index in [4.69, 9.17) is 10.5 Å². The molecule has 1 aliphatic heterocycles. The van der Waals surface area contributed by atoms with Crippen molar-refractivity contribution >= 4 is 27.5 Å². The van der Waals surface area contributed by atoms with E-state index >= 15 is 0 Å². The average molecular weight is 560 g/mol. The minimum atomic E-state index is -3.34. The fourth-order valence-electron chi connectivity index (χ4n) is 4.83. The van der Waals surface area contributed by atoms with Crippen LogP contribution < -0.4 is 15.4 Å². The molecule has 0 spiro atoms. The second-order valence-corrected chi connectivity index (χ2v) is 11.7. The minimum absolute atomic E-state index is 0.0878. The lowest BCUT2D eigenvalue weighted by Gasteiger charge is -2.28. The van der Waals surface area contributed by atoms with Crippen molar-refractivity contribution in [2.45, 2.75) is 13.0 Å². The van der Waals surface area contributed by atoms with E-state index < -0.39 is 15.9 Å². The number of benzene rings is 3. The van der Waals surface area contributed by atoms with Gasteiger partial charge in [-0.1, -0.05) is 36.4 Å². The van der Waals surface area contributed by atoms with Crippen molar-refractivity contribution in [3.63, 3.8) is 0 Å². The zero-order chi connectivity index (χ0) is 28.6. The number of ether oxygens (including phenoxy) is 1. The molecular formula is C29H29N5O5S. The summed E-state index contributed by atoms with van der Waals surface area (Å²) in [5, 5.41) is 4.41. The van der Waals surface area contributed by atoms with Gasteiger partial charge < -0.3 is 15.4 Å². The van der Waals surface area contributed by atoms with Crippen LogP contribution in [0.15, 0.2) is 72.8 Å². The van der Waals surface area contributed by atoms with E-state index in [9.17, 15) is 18.0 Å². The molecule has 0 fully saturated rings. The third kappa shape index (κ3) is 5.08. The second-order valence-electron chi connectivity index (χ2n) is 9.58. The van der Waals surface area contributed by atoms with Crippen molar-refractivity contribution in [2.24, 2.45) is 5.73 Å². The van der Waals surface area contributed by atoms with E-state index in [0.29, 0.717) is 41.3 Å². The van der Waals surface area contributed by atoms with Crippen LogP contribution in [0.25, 0.3) is 16.8 Å². The molecule has 0 aliphatic carbocycles. The number of anilines is 1. The normalized spacial score (nSPS) is 13.4. The summed E-state index contributed by atoms with van der Waals surface area (Å²) in [5.74, 6) is -0.327. The molecule has 3 aromatic carbocycles. The molecule has 0 atom stereocenters. The number of carbonyl (C=O) groups excluding carboxylic acids is 2. The summed E-state index contributed by atoms with van der Waals surface area (Å²) in [6.45, 7) is 0.594. The summed E-state index contributed by atoms with van der Waals surface area (Å²) in [6.07, 6.45) is 1.59. The fraction of sp³-hybridized carbons (Fsp3) is 0.207. The Morgan fingerprint density at radius 2 is 1.68 bits per heavy atom. The molecule has 2 amide bonds. The zero-order valence-electron chi connectivity index (χ0n) is 22.4. The van der Waals surface area contributed by atoms with Crippen molar-refractivity contribution in [1.82, 2.24) is 14.1 Å². The molecule has 10 nitrogen and oxygen atoms in total. The SMILES string of the molecule is COc1ccc(-n2nc(C(N)=O)c3c2C(=O)N(c2ccc(-c4ccccc4CN(C)S(C)(=O)=O)cc2)CC3)cc1. The second kappa shape index (κ2) is 10.6. The third-order valence-corrected chi connectivity index (χ3v) is 8.29. The van der Waals surface area contributed by atoms with Crippen LogP contribution in [-0.2, 0) is 23.0 Å². The van der Waals surface area contributed by atoms with Crippen molar-refractivity contribution in [1.29, 1.82) is 0 Å². The number of hydrogen-bond acceptors (Lipinski definition) is 6. The highest BCUT2D eigenvalue weighted by Gasteiger charge is 2.34. The zero-order valence-corrected chi connectivity index (χ0v) is 23.2. The number of fused-ring (bicyclic) bond motifs is 1. The average Bonchev–Trinajstić information content (AvgIpc) is 3.34. The molecule has 1 aromatic heterocycles. The van der Waals surface area contributed by atoms with Crippen molar-refractivity contribution in [3.8, 4) is 22.6 Å². The van der Waals surface area contributed by atoms with Crippen LogP contribution in [-0.4, -0.2) is 61.3 Å². The van der Waals surface area contributed by atoms with Crippen LogP contribution in [0.5, 0.6) is 5.75 Å². The number of nitrogens with two attached hydrogens (primary N) is 1. The van der Waals surface area contributed by atoms with Gasteiger partial charge >= 0.3 is 0 Å². The Morgan fingerprint density at radius 3 is 2.30 bits per heavy atom. The van der Waals surface area contributed by atoms with E-state index in [2.05, 4.69) is 5.10 Å². The maximum Gasteiger partial charge on any atom is 0.277 e. The van der Waals surface area contributed by atoms with Gasteiger partial charge in [-0.2, -0.15) is 5.10 Å². The summed E-state index contributed by atoms with van der Waals surface area (Å²) in [6, 6.07) is 22.2. The molecule has 0 bridgehead atoms. The van der Waals surface area contributed by atoms with Crippen LogP contribution in [0.2, 0.25) is 0 Å². The van der Waals surface area contributed by atoms with Gasteiger partial charge in [-0.05, 0) is 59.5 Å². The molecule has 2 heterocycles. The summed E-state index contributed by atoms with van der Waals surface area (Å²) in [4.78, 5) is 27.6. The van der Waals surface area contributed by atoms with Gasteiger partial charge in [0.2, 0.25) is 10.0 Å². The molecule has 0 unspecified atom stereocenters. The van der Waals surface area contributed by atoms with Gasteiger partial charge in [-0.3, -0.25) is 9.59 Å². The van der Waals surface area contributed by atoms with Gasteiger partial charge in [0.05, 0.1) is 19.1 Å². The van der Waals surface area contributed by atoms with Gasteiger partial charge in [-0.25, -0.2) is 17.4 Å². The van der Waals surface area contributed by atoms with Gasteiger partial charge in [0.1, 0.15) is 11.4 Å². The molecular weight excluding hydrogens is 530 g/mol. The lowest BCUT2D eigenvalue weighted by atomic mass is 9.98. The van der Waals surface area contributed by atoms with Gasteiger partial charge in [0, 0.05) is 31.4 Å². The molecule has 206 valence electrons. The maximum absolute atomic E-state index is 13.8. The predicted octanol–water partition coefficient (Wildman–Crippen LogP) is 3.24. The molecule has 0 saturated heterocycles. The number of carbonyl (C=O) groups is 2. The monoisotopic (exact) mass is 559 g/mol. The van der Waals surface area contributed by atoms with Gasteiger partial charge in [-0.15, -0.1) is 0 Å². The fourth-order valence-corrected chi connectivity index (χ4v) is 5.21. The summed E-state index contributed by atoms with van der Waals surface area (Å²) in [7, 11) is -0.224. The van der Waals surface area contributed by atoms with E-state index in [1.165, 1.54) is 15.2 Å². The third-order valence-electron chi connectivity index (χ3n) is 7.03. The van der Waals surface area contributed by atoms with Crippen LogP contribution >= 0.6 is 0 Å². The smallest absolute Gasteiger partial charge is 0.277 e. The summed E-state index contributed by atoms with van der Waals surface area (Å²) >= 11 is 0. The standard InChI is InChI=1S/C29H29N5O5S/c1-32(40(3,37)38)18-20-6-4-5-7-24(20)19-8-10-21(11-9-19)33-17-16-25-26(28(30)35)31-34(27(25)29(33)36)22-12-14-23(39-2)15-13-22/h4-15H,16-18H2,1-3H3,(H2,30,35). The van der Waals surface area contributed by atoms with Crippen molar-refractivity contribution in [2.75, 3.05) is 31.9 Å². The quantitative estimate of drug-likeness (QED) is 0.353. The topological polar surface area (TPSA) is 128 Å². The lowest BCUT2D eigenvalue weighted by molar-refractivity contribution is 0.0972. The highest BCUT2D eigenvalue weighted by atomic mass is 32.2. The van der Waals surface area contributed by atoms with E-state index in [-0.39, 0.29) is 18.1 Å². The maximum atomic E-state index is 13.8. The van der Waals surface area contributed by atoms with Crippen LogP contribution in [0.4, 0.5) is 5.69 Å². The number of amides is 2. The van der Waals surface area contributed by atoms with Gasteiger partial charge in [0.15, 0.2) is 5.69 Å². The van der Waals surface area contributed by atoms with E-state index in [0.717, 1.165) is 16.7 Å². The molecule has 0 saturated carbocycles. The van der Waals surface area contributed by atoms with E-state index in [1.807, 2.05) is 48.5 Å². The van der Waals surface area contributed by atoms with Crippen molar-refractivity contribution < 1.29 is 22.7 Å². The van der Waals surface area contributed by atoms with Gasteiger partial charge in [0.25, 0.3) is 11.8 Å². The minimum Gasteiger partial charge on any atom is -0.497 e. The first-order valence-electron chi connectivity index (χ1n) is 12.6. The Labute approximate surface area is 232 Å². The first kappa shape index (κ1) is 27.1. The number of hydrogen-bond donors (Lipinski definition) is 1. The number of nitrogens with zero attached hydrogens (tertiary/aromatic N) is 4. The molecule has 2 N–H and O–H groups in total. The Balaban J connectivity index is 1.47. The predicted molar refractivity (Wildman–Crippen MR) is 152 cm³/mol. The highest BCUT2D eigenvalue weighted by molar-refractivity contribution is 7.88. The molecule has 11 heteroatoms. The molecule has 4 aromatic rings. The number of sulfonamides is 1. The summed E-state index contributed by atoms with van der Waals surface area (Å²) < 4.78 is 31.9. The van der Waals surface area contributed by atoms with Crippen LogP contribution in [0.1, 0.15) is 32.1 Å². The Morgan fingerprint density at radius 1 is 1.02 bits per heavy atom. The first-order chi connectivity index (χ1) is 19.1. The molecule has 5 rings (SSSR count). The summed E-state index contributed by atoms with van der Waals surface area (Å²) in [5.41, 5.74) is 10.5. The molecule has 0 radical (unpaired) electrons. The lowest BCUT2D eigenvalue weighted by Crippen LogP contribution is -2.39. The number of methoxy groups -OCH3 is 1.